The minimum Gasteiger partial charge on any atom is -0.508 e. The van der Waals surface area contributed by atoms with Gasteiger partial charge in [0.2, 0.25) is 5.91 Å². The molecule has 0 unspecified atom stereocenters. The fourth-order valence-electron chi connectivity index (χ4n) is 2.67. The van der Waals surface area contributed by atoms with E-state index in [-0.39, 0.29) is 11.7 Å². The smallest absolute Gasteiger partial charge is 0.227 e. The summed E-state index contributed by atoms with van der Waals surface area (Å²) in [7, 11) is 0. The zero-order valence-electron chi connectivity index (χ0n) is 12.4. The second-order valence-electron chi connectivity index (χ2n) is 5.42. The van der Waals surface area contributed by atoms with Crippen LogP contribution in [0.3, 0.4) is 0 Å². The minimum absolute atomic E-state index is 0.139. The Morgan fingerprint density at radius 2 is 1.64 bits per heavy atom. The highest BCUT2D eigenvalue weighted by molar-refractivity contribution is 5.79. The molecular weight excluding hydrogens is 278 g/mol. The third kappa shape index (κ3) is 3.36. The molecule has 5 nitrogen and oxygen atoms in total. The number of phenolic OH excluding ortho intramolecular Hbond substituents is 1. The summed E-state index contributed by atoms with van der Waals surface area (Å²) in [5.41, 5.74) is 2.08. The lowest BCUT2D eigenvalue weighted by Crippen LogP contribution is -2.49. The summed E-state index contributed by atoms with van der Waals surface area (Å²) in [6.45, 7) is 3.15. The van der Waals surface area contributed by atoms with Crippen LogP contribution in [0.1, 0.15) is 5.56 Å². The van der Waals surface area contributed by atoms with Gasteiger partial charge in [0.1, 0.15) is 5.75 Å². The summed E-state index contributed by atoms with van der Waals surface area (Å²) in [4.78, 5) is 20.5. The number of anilines is 1. The Hall–Kier alpha value is -2.56. The Morgan fingerprint density at radius 3 is 2.27 bits per heavy atom. The van der Waals surface area contributed by atoms with Crippen LogP contribution in [-0.2, 0) is 11.2 Å². The number of hydrogen-bond acceptors (Lipinski definition) is 4. The van der Waals surface area contributed by atoms with Crippen LogP contribution >= 0.6 is 0 Å². The molecule has 1 aliphatic heterocycles. The Balaban J connectivity index is 1.54. The first-order valence-electron chi connectivity index (χ1n) is 7.43. The van der Waals surface area contributed by atoms with Gasteiger partial charge >= 0.3 is 0 Å². The van der Waals surface area contributed by atoms with Gasteiger partial charge in [-0.1, -0.05) is 12.1 Å². The SMILES string of the molecule is O=C(Cc1ccc(O)cc1)N1CCN(c2ccncc2)CC1. The van der Waals surface area contributed by atoms with Crippen LogP contribution in [0.2, 0.25) is 0 Å². The van der Waals surface area contributed by atoms with Crippen LogP contribution in [0, 0.1) is 0 Å². The predicted octanol–water partition coefficient (Wildman–Crippen LogP) is 1.68. The monoisotopic (exact) mass is 297 g/mol. The topological polar surface area (TPSA) is 56.7 Å². The fraction of sp³-hybridized carbons (Fsp3) is 0.294. The Bertz CT molecular complexity index is 620. The summed E-state index contributed by atoms with van der Waals surface area (Å²) in [6, 6.07) is 10.8. The first-order chi connectivity index (χ1) is 10.7. The third-order valence-electron chi connectivity index (χ3n) is 3.95. The summed E-state index contributed by atoms with van der Waals surface area (Å²) in [5.74, 6) is 0.363. The number of pyridine rings is 1. The van der Waals surface area contributed by atoms with E-state index in [1.807, 2.05) is 17.0 Å². The molecule has 1 N–H and O–H groups in total. The van der Waals surface area contributed by atoms with Crippen molar-refractivity contribution in [2.45, 2.75) is 6.42 Å². The molecule has 0 bridgehead atoms. The van der Waals surface area contributed by atoms with Crippen molar-refractivity contribution in [3.63, 3.8) is 0 Å². The maximum Gasteiger partial charge on any atom is 0.227 e. The second-order valence-corrected chi connectivity index (χ2v) is 5.42. The largest absolute Gasteiger partial charge is 0.508 e. The molecule has 1 aromatic carbocycles. The summed E-state index contributed by atoms with van der Waals surface area (Å²) in [5, 5.41) is 9.27. The van der Waals surface area contributed by atoms with E-state index in [4.69, 9.17) is 0 Å². The van der Waals surface area contributed by atoms with Crippen molar-refractivity contribution in [3.05, 3.63) is 54.4 Å². The molecule has 3 rings (SSSR count). The molecular formula is C17H19N3O2. The Kier molecular flexibility index (Phi) is 4.23. The van der Waals surface area contributed by atoms with Gasteiger partial charge in [0.25, 0.3) is 0 Å². The van der Waals surface area contributed by atoms with E-state index < -0.39 is 0 Å². The number of carbonyl (C=O) groups excluding carboxylic acids is 1. The molecule has 1 aliphatic rings. The molecule has 1 amide bonds. The first-order valence-corrected chi connectivity index (χ1v) is 7.43. The number of rotatable bonds is 3. The maximum atomic E-state index is 12.3. The second kappa shape index (κ2) is 6.47. The van der Waals surface area contributed by atoms with Gasteiger partial charge in [-0.3, -0.25) is 9.78 Å². The predicted molar refractivity (Wildman–Crippen MR) is 84.8 cm³/mol. The van der Waals surface area contributed by atoms with Crippen LogP contribution in [0.25, 0.3) is 0 Å². The first kappa shape index (κ1) is 14.4. The normalized spacial score (nSPS) is 14.9. The standard InChI is InChI=1S/C17H19N3O2/c21-16-3-1-14(2-4-16)13-17(22)20-11-9-19(10-12-20)15-5-7-18-8-6-15/h1-8,21H,9-13H2. The summed E-state index contributed by atoms with van der Waals surface area (Å²) >= 11 is 0. The van der Waals surface area contributed by atoms with E-state index >= 15 is 0 Å². The van der Waals surface area contributed by atoms with E-state index in [1.165, 1.54) is 0 Å². The molecule has 0 spiro atoms. The highest BCUT2D eigenvalue weighted by atomic mass is 16.3. The number of phenols is 1. The average Bonchev–Trinajstić information content (AvgIpc) is 2.58. The number of nitrogens with zero attached hydrogens (tertiary/aromatic N) is 3. The van der Waals surface area contributed by atoms with Crippen molar-refractivity contribution in [2.75, 3.05) is 31.1 Å². The van der Waals surface area contributed by atoms with Crippen LogP contribution < -0.4 is 4.90 Å². The highest BCUT2D eigenvalue weighted by Gasteiger charge is 2.21. The molecule has 0 saturated carbocycles. The number of piperazine rings is 1. The lowest BCUT2D eigenvalue weighted by molar-refractivity contribution is -0.130. The zero-order valence-corrected chi connectivity index (χ0v) is 12.4. The number of benzene rings is 1. The van der Waals surface area contributed by atoms with Gasteiger partial charge in [0, 0.05) is 44.3 Å². The van der Waals surface area contributed by atoms with Gasteiger partial charge in [-0.15, -0.1) is 0 Å². The molecule has 0 aliphatic carbocycles. The summed E-state index contributed by atoms with van der Waals surface area (Å²) < 4.78 is 0. The van der Waals surface area contributed by atoms with E-state index in [2.05, 4.69) is 9.88 Å². The molecule has 114 valence electrons. The fourth-order valence-corrected chi connectivity index (χ4v) is 2.67. The van der Waals surface area contributed by atoms with Gasteiger partial charge in [0.05, 0.1) is 6.42 Å². The van der Waals surface area contributed by atoms with Crippen molar-refractivity contribution >= 4 is 11.6 Å². The molecule has 1 aromatic heterocycles. The van der Waals surface area contributed by atoms with E-state index in [0.29, 0.717) is 6.42 Å². The molecule has 2 heterocycles. The molecule has 1 fully saturated rings. The van der Waals surface area contributed by atoms with Gasteiger partial charge in [-0.2, -0.15) is 0 Å². The number of carbonyl (C=O) groups is 1. The molecule has 0 radical (unpaired) electrons. The van der Waals surface area contributed by atoms with Crippen molar-refractivity contribution in [2.24, 2.45) is 0 Å². The van der Waals surface area contributed by atoms with E-state index in [0.717, 1.165) is 37.4 Å². The van der Waals surface area contributed by atoms with E-state index in [1.54, 1.807) is 36.7 Å². The molecule has 5 heteroatoms. The van der Waals surface area contributed by atoms with Crippen molar-refractivity contribution in [3.8, 4) is 5.75 Å². The van der Waals surface area contributed by atoms with Gasteiger partial charge < -0.3 is 14.9 Å². The van der Waals surface area contributed by atoms with Crippen LogP contribution in [0.5, 0.6) is 5.75 Å². The highest BCUT2D eigenvalue weighted by Crippen LogP contribution is 2.16. The third-order valence-corrected chi connectivity index (χ3v) is 3.95. The van der Waals surface area contributed by atoms with Gasteiger partial charge in [-0.25, -0.2) is 0 Å². The van der Waals surface area contributed by atoms with Crippen molar-refractivity contribution in [1.29, 1.82) is 0 Å². The molecule has 22 heavy (non-hydrogen) atoms. The number of aromatic hydroxyl groups is 1. The maximum absolute atomic E-state index is 12.3. The van der Waals surface area contributed by atoms with E-state index in [9.17, 15) is 9.90 Å². The van der Waals surface area contributed by atoms with Crippen LogP contribution in [-0.4, -0.2) is 47.1 Å². The number of amides is 1. The van der Waals surface area contributed by atoms with Crippen LogP contribution in [0.4, 0.5) is 5.69 Å². The lowest BCUT2D eigenvalue weighted by Gasteiger charge is -2.36. The van der Waals surface area contributed by atoms with Gasteiger partial charge in [0.15, 0.2) is 0 Å². The van der Waals surface area contributed by atoms with Crippen LogP contribution in [0.15, 0.2) is 48.8 Å². The number of aromatic nitrogens is 1. The Morgan fingerprint density at radius 1 is 1.00 bits per heavy atom. The quantitative estimate of drug-likeness (QED) is 0.936. The summed E-state index contributed by atoms with van der Waals surface area (Å²) in [6.07, 6.45) is 3.96. The Labute approximate surface area is 129 Å². The number of hydrogen-bond donors (Lipinski definition) is 1. The van der Waals surface area contributed by atoms with Crippen molar-refractivity contribution < 1.29 is 9.90 Å². The minimum atomic E-state index is 0.139. The zero-order chi connectivity index (χ0) is 15.4. The molecule has 0 atom stereocenters. The van der Waals surface area contributed by atoms with Gasteiger partial charge in [-0.05, 0) is 29.8 Å². The average molecular weight is 297 g/mol. The van der Waals surface area contributed by atoms with Crippen molar-refractivity contribution in [1.82, 2.24) is 9.88 Å². The lowest BCUT2D eigenvalue weighted by atomic mass is 10.1. The molecule has 2 aromatic rings. The molecule has 1 saturated heterocycles.